The standard InChI is InChI=1S/C13H19FN2S/c1-10-2-3-11(8-12(10)14)13(9-15)16-4-6-17-7-5-16/h2-3,8,13H,4-7,9,15H2,1H3. The first-order valence-corrected chi connectivity index (χ1v) is 7.15. The highest BCUT2D eigenvalue weighted by Crippen LogP contribution is 2.24. The number of hydrogen-bond acceptors (Lipinski definition) is 3. The van der Waals surface area contributed by atoms with Crippen LogP contribution in [0.1, 0.15) is 17.2 Å². The van der Waals surface area contributed by atoms with Gasteiger partial charge in [-0.3, -0.25) is 4.90 Å². The van der Waals surface area contributed by atoms with Crippen molar-refractivity contribution in [2.75, 3.05) is 31.1 Å². The number of hydrogen-bond donors (Lipinski definition) is 1. The molecule has 0 spiro atoms. The van der Waals surface area contributed by atoms with E-state index in [0.29, 0.717) is 12.1 Å². The maximum absolute atomic E-state index is 13.6. The van der Waals surface area contributed by atoms with Gasteiger partial charge in [-0.2, -0.15) is 11.8 Å². The molecule has 0 radical (unpaired) electrons. The predicted octanol–water partition coefficient (Wildman–Crippen LogP) is 2.18. The van der Waals surface area contributed by atoms with E-state index in [1.165, 1.54) is 0 Å². The Labute approximate surface area is 106 Å². The third kappa shape index (κ3) is 3.00. The molecule has 1 aromatic carbocycles. The fourth-order valence-electron chi connectivity index (χ4n) is 2.20. The average molecular weight is 254 g/mol. The molecular formula is C13H19FN2S. The number of rotatable bonds is 3. The van der Waals surface area contributed by atoms with Crippen molar-refractivity contribution in [3.8, 4) is 0 Å². The second-order valence-corrected chi connectivity index (χ2v) is 5.63. The Morgan fingerprint density at radius 1 is 1.41 bits per heavy atom. The summed E-state index contributed by atoms with van der Waals surface area (Å²) in [6, 6.07) is 5.63. The molecule has 17 heavy (non-hydrogen) atoms. The zero-order chi connectivity index (χ0) is 12.3. The first-order valence-electron chi connectivity index (χ1n) is 6.00. The lowest BCUT2D eigenvalue weighted by Crippen LogP contribution is -2.39. The zero-order valence-corrected chi connectivity index (χ0v) is 11.0. The summed E-state index contributed by atoms with van der Waals surface area (Å²) in [5.41, 5.74) is 7.55. The van der Waals surface area contributed by atoms with Crippen LogP contribution in [0.2, 0.25) is 0 Å². The van der Waals surface area contributed by atoms with Gasteiger partial charge < -0.3 is 5.73 Å². The SMILES string of the molecule is Cc1ccc(C(CN)N2CCSCC2)cc1F. The molecule has 1 saturated heterocycles. The van der Waals surface area contributed by atoms with Gasteiger partial charge >= 0.3 is 0 Å². The average Bonchev–Trinajstić information content (AvgIpc) is 2.36. The van der Waals surface area contributed by atoms with Gasteiger partial charge in [0.1, 0.15) is 5.82 Å². The molecule has 1 aromatic rings. The van der Waals surface area contributed by atoms with Gasteiger partial charge in [0.2, 0.25) is 0 Å². The molecule has 94 valence electrons. The summed E-state index contributed by atoms with van der Waals surface area (Å²) in [6.45, 7) is 4.42. The van der Waals surface area contributed by atoms with Crippen LogP contribution in [0.4, 0.5) is 4.39 Å². The monoisotopic (exact) mass is 254 g/mol. The summed E-state index contributed by atoms with van der Waals surface area (Å²) >= 11 is 1.97. The maximum atomic E-state index is 13.6. The van der Waals surface area contributed by atoms with Gasteiger partial charge in [-0.15, -0.1) is 0 Å². The molecule has 2 nitrogen and oxygen atoms in total. The Bertz CT molecular complexity index is 378. The summed E-state index contributed by atoms with van der Waals surface area (Å²) < 4.78 is 13.6. The van der Waals surface area contributed by atoms with Crippen molar-refractivity contribution in [1.29, 1.82) is 0 Å². The Morgan fingerprint density at radius 2 is 2.12 bits per heavy atom. The normalized spacial score (nSPS) is 19.2. The van der Waals surface area contributed by atoms with Crippen molar-refractivity contribution in [3.05, 3.63) is 35.1 Å². The predicted molar refractivity (Wildman–Crippen MR) is 71.8 cm³/mol. The fourth-order valence-corrected chi connectivity index (χ4v) is 3.13. The molecule has 1 aliphatic heterocycles. The van der Waals surface area contributed by atoms with Crippen LogP contribution in [0.3, 0.4) is 0 Å². The summed E-state index contributed by atoms with van der Waals surface area (Å²) in [5.74, 6) is 2.16. The Hall–Kier alpha value is -0.580. The Kier molecular flexibility index (Phi) is 4.42. The molecule has 0 aliphatic carbocycles. The number of benzene rings is 1. The second kappa shape index (κ2) is 5.85. The number of nitrogens with zero attached hydrogens (tertiary/aromatic N) is 1. The second-order valence-electron chi connectivity index (χ2n) is 4.41. The van der Waals surface area contributed by atoms with Crippen molar-refractivity contribution in [1.82, 2.24) is 4.90 Å². The molecule has 1 heterocycles. The Morgan fingerprint density at radius 3 is 2.71 bits per heavy atom. The molecule has 1 atom stereocenters. The largest absolute Gasteiger partial charge is 0.329 e. The first kappa shape index (κ1) is 12.9. The van der Waals surface area contributed by atoms with Crippen LogP contribution in [-0.4, -0.2) is 36.0 Å². The van der Waals surface area contributed by atoms with Gasteiger partial charge in [-0.25, -0.2) is 4.39 Å². The Balaban J connectivity index is 2.18. The summed E-state index contributed by atoms with van der Waals surface area (Å²) in [6.07, 6.45) is 0. The van der Waals surface area contributed by atoms with Crippen LogP contribution in [0.5, 0.6) is 0 Å². The van der Waals surface area contributed by atoms with E-state index in [4.69, 9.17) is 5.73 Å². The van der Waals surface area contributed by atoms with Crippen molar-refractivity contribution < 1.29 is 4.39 Å². The summed E-state index contributed by atoms with van der Waals surface area (Å²) in [7, 11) is 0. The minimum atomic E-state index is -0.132. The highest BCUT2D eigenvalue weighted by molar-refractivity contribution is 7.99. The number of aryl methyl sites for hydroxylation is 1. The van der Waals surface area contributed by atoms with Crippen LogP contribution in [0, 0.1) is 12.7 Å². The van der Waals surface area contributed by atoms with Gasteiger partial charge in [0, 0.05) is 37.2 Å². The smallest absolute Gasteiger partial charge is 0.126 e. The fraction of sp³-hybridized carbons (Fsp3) is 0.538. The van der Waals surface area contributed by atoms with E-state index in [1.807, 2.05) is 23.9 Å². The van der Waals surface area contributed by atoms with E-state index in [9.17, 15) is 4.39 Å². The van der Waals surface area contributed by atoms with Gasteiger partial charge in [-0.05, 0) is 24.1 Å². The van der Waals surface area contributed by atoms with Gasteiger partial charge in [0.05, 0.1) is 0 Å². The molecule has 2 N–H and O–H groups in total. The van der Waals surface area contributed by atoms with Crippen LogP contribution in [-0.2, 0) is 0 Å². The number of halogens is 1. The molecular weight excluding hydrogens is 235 g/mol. The highest BCUT2D eigenvalue weighted by Gasteiger charge is 2.21. The van der Waals surface area contributed by atoms with Crippen LogP contribution >= 0.6 is 11.8 Å². The van der Waals surface area contributed by atoms with Gasteiger partial charge in [0.15, 0.2) is 0 Å². The molecule has 0 amide bonds. The molecule has 1 aliphatic rings. The van der Waals surface area contributed by atoms with Crippen molar-refractivity contribution >= 4 is 11.8 Å². The highest BCUT2D eigenvalue weighted by atomic mass is 32.2. The molecule has 4 heteroatoms. The number of thioether (sulfide) groups is 1. The molecule has 2 rings (SSSR count). The minimum absolute atomic E-state index is 0.132. The van der Waals surface area contributed by atoms with Crippen molar-refractivity contribution in [3.63, 3.8) is 0 Å². The van der Waals surface area contributed by atoms with Gasteiger partial charge in [-0.1, -0.05) is 12.1 Å². The van der Waals surface area contributed by atoms with E-state index in [0.717, 1.165) is 30.2 Å². The lowest BCUT2D eigenvalue weighted by Gasteiger charge is -2.34. The summed E-state index contributed by atoms with van der Waals surface area (Å²) in [5, 5.41) is 0. The van der Waals surface area contributed by atoms with Gasteiger partial charge in [0.25, 0.3) is 0 Å². The van der Waals surface area contributed by atoms with E-state index in [2.05, 4.69) is 4.90 Å². The van der Waals surface area contributed by atoms with Crippen molar-refractivity contribution in [2.45, 2.75) is 13.0 Å². The molecule has 0 saturated carbocycles. The quantitative estimate of drug-likeness (QED) is 0.896. The third-order valence-electron chi connectivity index (χ3n) is 3.29. The lowest BCUT2D eigenvalue weighted by molar-refractivity contribution is 0.223. The lowest BCUT2D eigenvalue weighted by atomic mass is 10.0. The topological polar surface area (TPSA) is 29.3 Å². The molecule has 1 unspecified atom stereocenters. The first-order chi connectivity index (χ1) is 8.22. The minimum Gasteiger partial charge on any atom is -0.329 e. The van der Waals surface area contributed by atoms with Crippen LogP contribution in [0.25, 0.3) is 0 Å². The molecule has 1 fully saturated rings. The zero-order valence-electron chi connectivity index (χ0n) is 10.2. The molecule has 0 bridgehead atoms. The maximum Gasteiger partial charge on any atom is 0.126 e. The van der Waals surface area contributed by atoms with Crippen molar-refractivity contribution in [2.24, 2.45) is 5.73 Å². The number of nitrogens with two attached hydrogens (primary N) is 1. The third-order valence-corrected chi connectivity index (χ3v) is 4.23. The summed E-state index contributed by atoms with van der Waals surface area (Å²) in [4.78, 5) is 2.36. The van der Waals surface area contributed by atoms with E-state index in [-0.39, 0.29) is 11.9 Å². The van der Waals surface area contributed by atoms with Crippen LogP contribution < -0.4 is 5.73 Å². The van der Waals surface area contributed by atoms with E-state index < -0.39 is 0 Å². The van der Waals surface area contributed by atoms with E-state index in [1.54, 1.807) is 13.0 Å². The molecule has 0 aromatic heterocycles. The van der Waals surface area contributed by atoms with Crippen LogP contribution in [0.15, 0.2) is 18.2 Å². The van der Waals surface area contributed by atoms with E-state index >= 15 is 0 Å².